The minimum atomic E-state index is -0.903. The van der Waals surface area contributed by atoms with Crippen molar-refractivity contribution >= 4 is 29.9 Å². The zero-order valence-corrected chi connectivity index (χ0v) is 12.1. The highest BCUT2D eigenvalue weighted by Crippen LogP contribution is 2.37. The van der Waals surface area contributed by atoms with Crippen molar-refractivity contribution in [1.29, 1.82) is 0 Å². The van der Waals surface area contributed by atoms with Gasteiger partial charge >= 0.3 is 13.1 Å². The molecule has 0 amide bonds. The second-order valence-electron chi connectivity index (χ2n) is 5.54. The molecule has 1 N–H and O–H groups in total. The molecule has 0 atom stereocenters. The minimum absolute atomic E-state index is 0.347. The Morgan fingerprint density at radius 3 is 2.17 bits per heavy atom. The third-order valence-electron chi connectivity index (χ3n) is 3.78. The third kappa shape index (κ3) is 1.98. The Kier molecular flexibility index (Phi) is 3.08. The molecule has 18 heavy (non-hydrogen) atoms. The second-order valence-corrected chi connectivity index (χ2v) is 6.42. The first-order valence-electron chi connectivity index (χ1n) is 5.82. The van der Waals surface area contributed by atoms with Crippen molar-refractivity contribution in [2.75, 3.05) is 0 Å². The van der Waals surface area contributed by atoms with Gasteiger partial charge in [0.25, 0.3) is 0 Å². The van der Waals surface area contributed by atoms with Crippen molar-refractivity contribution in [2.45, 2.75) is 45.8 Å². The van der Waals surface area contributed by atoms with Crippen LogP contribution in [0.15, 0.2) is 5.38 Å². The molecule has 0 bridgehead atoms. The first kappa shape index (κ1) is 13.6. The van der Waals surface area contributed by atoms with E-state index in [9.17, 15) is 4.79 Å². The smallest absolute Gasteiger partial charge is 0.477 e. The Balaban J connectivity index is 2.33. The number of carbonyl (C=O) groups is 1. The van der Waals surface area contributed by atoms with E-state index in [1.54, 1.807) is 12.3 Å². The van der Waals surface area contributed by atoms with Gasteiger partial charge in [-0.3, -0.25) is 0 Å². The zero-order chi connectivity index (χ0) is 13.7. The zero-order valence-electron chi connectivity index (χ0n) is 11.2. The van der Waals surface area contributed by atoms with E-state index in [-0.39, 0.29) is 0 Å². The summed E-state index contributed by atoms with van der Waals surface area (Å²) in [6.07, 6.45) is 0. The number of aromatic carboxylic acids is 1. The molecule has 0 spiro atoms. The van der Waals surface area contributed by atoms with E-state index in [2.05, 4.69) is 0 Å². The van der Waals surface area contributed by atoms with Crippen molar-refractivity contribution in [3.8, 4) is 0 Å². The van der Waals surface area contributed by atoms with Gasteiger partial charge in [0.1, 0.15) is 4.88 Å². The molecule has 4 nitrogen and oxygen atoms in total. The predicted octanol–water partition coefficient (Wildman–Crippen LogP) is 2.05. The summed E-state index contributed by atoms with van der Waals surface area (Å²) in [5, 5.41) is 10.9. The fourth-order valence-electron chi connectivity index (χ4n) is 1.84. The van der Waals surface area contributed by atoms with Crippen LogP contribution in [-0.2, 0) is 9.31 Å². The quantitative estimate of drug-likeness (QED) is 0.834. The van der Waals surface area contributed by atoms with E-state index in [1.165, 1.54) is 11.3 Å². The van der Waals surface area contributed by atoms with Gasteiger partial charge in [0, 0.05) is 0 Å². The van der Waals surface area contributed by atoms with Gasteiger partial charge in [-0.05, 0) is 51.0 Å². The van der Waals surface area contributed by atoms with Crippen LogP contribution in [0.2, 0.25) is 0 Å². The van der Waals surface area contributed by atoms with Gasteiger partial charge in [-0.1, -0.05) is 0 Å². The van der Waals surface area contributed by atoms with Crippen molar-refractivity contribution in [3.63, 3.8) is 0 Å². The van der Waals surface area contributed by atoms with E-state index < -0.39 is 24.3 Å². The Morgan fingerprint density at radius 1 is 1.28 bits per heavy atom. The molecule has 1 fully saturated rings. The number of carboxylic acids is 1. The first-order chi connectivity index (χ1) is 8.16. The average molecular weight is 268 g/mol. The van der Waals surface area contributed by atoms with Gasteiger partial charge in [0.05, 0.1) is 11.2 Å². The summed E-state index contributed by atoms with van der Waals surface area (Å²) in [7, 11) is -0.487. The van der Waals surface area contributed by atoms with Crippen molar-refractivity contribution in [3.05, 3.63) is 15.8 Å². The fraction of sp³-hybridized carbons (Fsp3) is 0.583. The van der Waals surface area contributed by atoms with Crippen LogP contribution >= 0.6 is 11.3 Å². The van der Waals surface area contributed by atoms with E-state index >= 15 is 0 Å². The number of hydrogen-bond donors (Lipinski definition) is 1. The van der Waals surface area contributed by atoms with E-state index in [1.807, 2.05) is 27.7 Å². The molecule has 1 saturated heterocycles. The van der Waals surface area contributed by atoms with Crippen molar-refractivity contribution in [1.82, 2.24) is 0 Å². The highest BCUT2D eigenvalue weighted by molar-refractivity contribution is 7.13. The van der Waals surface area contributed by atoms with Crippen LogP contribution in [0.5, 0.6) is 0 Å². The molecular formula is C12H17BO4S. The third-order valence-corrected chi connectivity index (χ3v) is 4.87. The summed E-state index contributed by atoms with van der Waals surface area (Å²) in [6, 6.07) is 0. The molecule has 1 aliphatic rings. The number of hydrogen-bond acceptors (Lipinski definition) is 4. The standard InChI is InChI=1S/C12H17BO4S/c1-7-8(6-18-9(7)10(14)15)13-16-11(2,3)12(4,5)17-13/h6H,1-5H3,(H,14,15). The predicted molar refractivity (Wildman–Crippen MR) is 71.7 cm³/mol. The lowest BCUT2D eigenvalue weighted by atomic mass is 9.78. The highest BCUT2D eigenvalue weighted by atomic mass is 32.1. The summed E-state index contributed by atoms with van der Waals surface area (Å²) in [4.78, 5) is 11.4. The fourth-order valence-corrected chi connectivity index (χ4v) is 2.77. The monoisotopic (exact) mass is 268 g/mol. The van der Waals surface area contributed by atoms with Crippen LogP contribution in [0, 0.1) is 6.92 Å². The summed E-state index contributed by atoms with van der Waals surface area (Å²) in [5.74, 6) is -0.903. The van der Waals surface area contributed by atoms with Crippen LogP contribution in [0.4, 0.5) is 0 Å². The summed E-state index contributed by atoms with van der Waals surface area (Å²) >= 11 is 1.21. The Labute approximate surface area is 111 Å². The molecule has 1 aliphatic heterocycles. The van der Waals surface area contributed by atoms with Crippen LogP contribution in [0.3, 0.4) is 0 Å². The molecule has 2 heterocycles. The summed E-state index contributed by atoms with van der Waals surface area (Å²) in [6.45, 7) is 9.71. The van der Waals surface area contributed by atoms with Gasteiger partial charge in [-0.25, -0.2) is 4.79 Å². The molecule has 0 unspecified atom stereocenters. The molecule has 98 valence electrons. The number of carboxylic acid groups (broad SMARTS) is 1. The molecule has 0 radical (unpaired) electrons. The molecule has 0 aromatic carbocycles. The van der Waals surface area contributed by atoms with E-state index in [0.29, 0.717) is 4.88 Å². The summed E-state index contributed by atoms with van der Waals surface area (Å²) < 4.78 is 11.8. The van der Waals surface area contributed by atoms with Gasteiger partial charge < -0.3 is 14.4 Å². The van der Waals surface area contributed by atoms with Gasteiger partial charge in [0.2, 0.25) is 0 Å². The van der Waals surface area contributed by atoms with Crippen LogP contribution in [0.1, 0.15) is 42.9 Å². The topological polar surface area (TPSA) is 55.8 Å². The Morgan fingerprint density at radius 2 is 1.78 bits per heavy atom. The molecule has 1 aromatic heterocycles. The lowest BCUT2D eigenvalue weighted by molar-refractivity contribution is 0.00578. The Hall–Kier alpha value is -0.845. The maximum Gasteiger partial charge on any atom is 0.495 e. The largest absolute Gasteiger partial charge is 0.495 e. The average Bonchev–Trinajstić information content (AvgIpc) is 2.66. The van der Waals surface area contributed by atoms with E-state index in [4.69, 9.17) is 14.4 Å². The van der Waals surface area contributed by atoms with Gasteiger partial charge in [-0.15, -0.1) is 11.3 Å². The lowest BCUT2D eigenvalue weighted by Crippen LogP contribution is -2.41. The molecule has 0 aliphatic carbocycles. The van der Waals surface area contributed by atoms with Gasteiger partial charge in [0.15, 0.2) is 0 Å². The van der Waals surface area contributed by atoms with Gasteiger partial charge in [-0.2, -0.15) is 0 Å². The number of thiophene rings is 1. The molecule has 0 saturated carbocycles. The normalized spacial score (nSPS) is 21.3. The van der Waals surface area contributed by atoms with E-state index in [0.717, 1.165) is 11.0 Å². The summed E-state index contributed by atoms with van der Waals surface area (Å²) in [5.41, 5.74) is 0.729. The second kappa shape index (κ2) is 4.08. The van der Waals surface area contributed by atoms with Crippen LogP contribution in [-0.4, -0.2) is 29.4 Å². The number of rotatable bonds is 2. The Bertz CT molecular complexity index is 476. The molecule has 2 rings (SSSR count). The SMILES string of the molecule is Cc1c(B2OC(C)(C)C(C)(C)O2)csc1C(=O)O. The van der Waals surface area contributed by atoms with Crippen LogP contribution < -0.4 is 5.46 Å². The van der Waals surface area contributed by atoms with Crippen LogP contribution in [0.25, 0.3) is 0 Å². The molecular weight excluding hydrogens is 251 g/mol. The van der Waals surface area contributed by atoms with Crippen molar-refractivity contribution < 1.29 is 19.2 Å². The molecule has 1 aromatic rings. The maximum atomic E-state index is 11.0. The first-order valence-corrected chi connectivity index (χ1v) is 6.70. The van der Waals surface area contributed by atoms with Crippen molar-refractivity contribution in [2.24, 2.45) is 0 Å². The molecule has 6 heteroatoms. The minimum Gasteiger partial charge on any atom is -0.477 e. The maximum absolute atomic E-state index is 11.0. The lowest BCUT2D eigenvalue weighted by Gasteiger charge is -2.32. The highest BCUT2D eigenvalue weighted by Gasteiger charge is 2.52.